The van der Waals surface area contributed by atoms with Crippen LogP contribution in [-0.2, 0) is 11.8 Å². The number of piperazine rings is 1. The normalized spacial score (nSPS) is 14.1. The van der Waals surface area contributed by atoms with Gasteiger partial charge in [-0.15, -0.1) is 0 Å². The number of aliphatic hydroxyl groups is 1. The second kappa shape index (κ2) is 11.9. The Balaban J connectivity index is 1.43. The van der Waals surface area contributed by atoms with E-state index in [-0.39, 0.29) is 28.8 Å². The number of carbonyl (C=O) groups is 1. The van der Waals surface area contributed by atoms with Crippen molar-refractivity contribution in [3.8, 4) is 11.1 Å². The highest BCUT2D eigenvalue weighted by atomic mass is 19.2. The molecule has 0 saturated carbocycles. The number of hydrogen-bond acceptors (Lipinski definition) is 8. The molecular weight excluding hydrogens is 556 g/mol. The minimum Gasteiger partial charge on any atom is -0.389 e. The zero-order valence-electron chi connectivity index (χ0n) is 24.2. The predicted molar refractivity (Wildman–Crippen MR) is 164 cm³/mol. The molecule has 2 aromatic carbocycles. The SMILES string of the molecule is C=CC(=O)Nc1cccc(-c2cc(=O)n(C)c3cnc(Nc4ccc(N5CCN(CC(C)(C)O)CC5)c(F)c4F)nc23)c1. The van der Waals surface area contributed by atoms with Crippen molar-refractivity contribution in [2.75, 3.05) is 48.3 Å². The second-order valence-electron chi connectivity index (χ2n) is 11.1. The number of halogens is 2. The van der Waals surface area contributed by atoms with Gasteiger partial charge >= 0.3 is 0 Å². The number of amides is 1. The molecule has 1 aliphatic heterocycles. The van der Waals surface area contributed by atoms with Gasteiger partial charge in [-0.05, 0) is 49.8 Å². The van der Waals surface area contributed by atoms with Crippen LogP contribution in [0.15, 0.2) is 66.1 Å². The van der Waals surface area contributed by atoms with E-state index in [1.54, 1.807) is 50.1 Å². The van der Waals surface area contributed by atoms with Crippen molar-refractivity contribution in [2.45, 2.75) is 19.4 Å². The number of rotatable bonds is 8. The van der Waals surface area contributed by atoms with E-state index in [9.17, 15) is 14.7 Å². The summed E-state index contributed by atoms with van der Waals surface area (Å²) in [5, 5.41) is 15.5. The summed E-state index contributed by atoms with van der Waals surface area (Å²) in [5.41, 5.74) is 1.31. The van der Waals surface area contributed by atoms with Gasteiger partial charge in [0.2, 0.25) is 11.9 Å². The molecule has 5 rings (SSSR count). The highest BCUT2D eigenvalue weighted by Crippen LogP contribution is 2.31. The maximum atomic E-state index is 15.3. The number of nitrogens with zero attached hydrogens (tertiary/aromatic N) is 5. The summed E-state index contributed by atoms with van der Waals surface area (Å²) in [6.07, 6.45) is 2.59. The van der Waals surface area contributed by atoms with E-state index < -0.39 is 17.2 Å². The number of pyridine rings is 1. The molecule has 0 radical (unpaired) electrons. The third-order valence-electron chi connectivity index (χ3n) is 7.24. The third-order valence-corrected chi connectivity index (χ3v) is 7.24. The first kappa shape index (κ1) is 29.8. The molecule has 0 aliphatic carbocycles. The molecule has 1 amide bonds. The van der Waals surface area contributed by atoms with Gasteiger partial charge in [0.05, 0.1) is 28.7 Å². The summed E-state index contributed by atoms with van der Waals surface area (Å²) >= 11 is 0. The van der Waals surface area contributed by atoms with Crippen molar-refractivity contribution in [3.63, 3.8) is 0 Å². The van der Waals surface area contributed by atoms with Crippen LogP contribution < -0.4 is 21.1 Å². The van der Waals surface area contributed by atoms with Gasteiger partial charge in [0.25, 0.3) is 5.56 Å². The molecule has 0 bridgehead atoms. The fraction of sp³-hybridized carbons (Fsp3) is 0.290. The molecule has 4 aromatic rings. The quantitative estimate of drug-likeness (QED) is 0.264. The summed E-state index contributed by atoms with van der Waals surface area (Å²) in [7, 11) is 1.59. The highest BCUT2D eigenvalue weighted by Gasteiger charge is 2.26. The first-order valence-corrected chi connectivity index (χ1v) is 13.8. The number of anilines is 4. The minimum atomic E-state index is -1.06. The first-order valence-electron chi connectivity index (χ1n) is 13.8. The highest BCUT2D eigenvalue weighted by molar-refractivity contribution is 6.00. The Morgan fingerprint density at radius 1 is 1.12 bits per heavy atom. The monoisotopic (exact) mass is 589 g/mol. The van der Waals surface area contributed by atoms with Crippen LogP contribution in [0.1, 0.15) is 13.8 Å². The minimum absolute atomic E-state index is 0.00907. The molecule has 1 saturated heterocycles. The van der Waals surface area contributed by atoms with Crippen LogP contribution in [0.3, 0.4) is 0 Å². The van der Waals surface area contributed by atoms with Crippen LogP contribution in [-0.4, -0.2) is 68.8 Å². The van der Waals surface area contributed by atoms with Crippen LogP contribution in [0.4, 0.5) is 31.8 Å². The molecule has 10 nitrogen and oxygen atoms in total. The maximum Gasteiger partial charge on any atom is 0.251 e. The standard InChI is InChI=1S/C31H33F2N7O3/c1-5-25(41)35-20-8-6-7-19(15-20)21-16-26(42)38(4)24-17-34-30(37-29(21)24)36-22-9-10-23(28(33)27(22)32)40-13-11-39(12-14-40)18-31(2,3)43/h5-10,15-17,43H,1,11-14,18H2,2-4H3,(H,35,41)(H,34,36,37). The molecule has 0 unspecified atom stereocenters. The van der Waals surface area contributed by atoms with Gasteiger partial charge in [-0.1, -0.05) is 18.7 Å². The molecule has 43 heavy (non-hydrogen) atoms. The number of carbonyl (C=O) groups excluding carboxylic acids is 1. The molecule has 0 spiro atoms. The first-order chi connectivity index (χ1) is 20.4. The van der Waals surface area contributed by atoms with E-state index in [0.717, 1.165) is 6.08 Å². The summed E-state index contributed by atoms with van der Waals surface area (Å²) in [5.74, 6) is -2.42. The summed E-state index contributed by atoms with van der Waals surface area (Å²) < 4.78 is 32.0. The molecule has 3 N–H and O–H groups in total. The van der Waals surface area contributed by atoms with Gasteiger partial charge in [0.15, 0.2) is 11.6 Å². The van der Waals surface area contributed by atoms with Crippen molar-refractivity contribution in [1.82, 2.24) is 19.4 Å². The topological polar surface area (TPSA) is 116 Å². The zero-order valence-corrected chi connectivity index (χ0v) is 24.2. The number of hydrogen-bond donors (Lipinski definition) is 3. The van der Waals surface area contributed by atoms with E-state index in [1.807, 2.05) is 0 Å². The number of β-amino-alcohol motifs (C(OH)–C–C–N with tert-alkyl or cyclic N) is 1. The maximum absolute atomic E-state index is 15.3. The summed E-state index contributed by atoms with van der Waals surface area (Å²) in [6.45, 7) is 9.65. The average molecular weight is 590 g/mol. The van der Waals surface area contributed by atoms with Gasteiger partial charge in [0.1, 0.15) is 5.52 Å². The number of nitrogens with one attached hydrogen (secondary N) is 2. The summed E-state index contributed by atoms with van der Waals surface area (Å²) in [6, 6.07) is 11.3. The lowest BCUT2D eigenvalue weighted by molar-refractivity contribution is -0.111. The van der Waals surface area contributed by atoms with Crippen LogP contribution >= 0.6 is 0 Å². The van der Waals surface area contributed by atoms with Crippen LogP contribution in [0, 0.1) is 11.6 Å². The molecule has 3 heterocycles. The van der Waals surface area contributed by atoms with Crippen molar-refractivity contribution in [1.29, 1.82) is 0 Å². The molecule has 1 fully saturated rings. The Morgan fingerprint density at radius 3 is 2.56 bits per heavy atom. The van der Waals surface area contributed by atoms with E-state index in [4.69, 9.17) is 0 Å². The lowest BCUT2D eigenvalue weighted by Gasteiger charge is -2.38. The van der Waals surface area contributed by atoms with Gasteiger partial charge in [-0.3, -0.25) is 14.5 Å². The lowest BCUT2D eigenvalue weighted by Crippen LogP contribution is -2.50. The van der Waals surface area contributed by atoms with Crippen molar-refractivity contribution in [2.24, 2.45) is 7.05 Å². The fourth-order valence-corrected chi connectivity index (χ4v) is 5.16. The second-order valence-corrected chi connectivity index (χ2v) is 11.1. The van der Waals surface area contributed by atoms with Gasteiger partial charge in [-0.2, -0.15) is 0 Å². The van der Waals surface area contributed by atoms with E-state index >= 15 is 8.78 Å². The number of aromatic nitrogens is 3. The number of benzene rings is 2. The molecule has 224 valence electrons. The van der Waals surface area contributed by atoms with E-state index in [1.165, 1.54) is 29.0 Å². The van der Waals surface area contributed by atoms with Gasteiger partial charge < -0.3 is 25.2 Å². The average Bonchev–Trinajstić information content (AvgIpc) is 2.97. The van der Waals surface area contributed by atoms with Crippen LogP contribution in [0.25, 0.3) is 22.2 Å². The molecule has 12 heteroatoms. The van der Waals surface area contributed by atoms with Gasteiger partial charge in [0, 0.05) is 57.1 Å². The Hall–Kier alpha value is -4.68. The third kappa shape index (κ3) is 6.55. The Kier molecular flexibility index (Phi) is 8.25. The molecule has 2 aromatic heterocycles. The zero-order chi connectivity index (χ0) is 30.9. The van der Waals surface area contributed by atoms with Crippen molar-refractivity contribution >= 4 is 40.0 Å². The predicted octanol–water partition coefficient (Wildman–Crippen LogP) is 4.03. The molecule has 1 aliphatic rings. The Morgan fingerprint density at radius 2 is 1.86 bits per heavy atom. The van der Waals surface area contributed by atoms with Gasteiger partial charge in [-0.25, -0.2) is 18.7 Å². The molecular formula is C31H33F2N7O3. The number of aryl methyl sites for hydroxylation is 1. The van der Waals surface area contributed by atoms with Crippen LogP contribution in [0.2, 0.25) is 0 Å². The smallest absolute Gasteiger partial charge is 0.251 e. The molecule has 0 atom stereocenters. The Labute approximate surface area is 247 Å². The van der Waals surface area contributed by atoms with Crippen LogP contribution in [0.5, 0.6) is 0 Å². The lowest BCUT2D eigenvalue weighted by atomic mass is 10.0. The van der Waals surface area contributed by atoms with E-state index in [2.05, 4.69) is 32.1 Å². The van der Waals surface area contributed by atoms with Crippen molar-refractivity contribution in [3.05, 3.63) is 83.3 Å². The van der Waals surface area contributed by atoms with Crippen molar-refractivity contribution < 1.29 is 18.7 Å². The summed E-state index contributed by atoms with van der Waals surface area (Å²) in [4.78, 5) is 37.2. The number of fused-ring (bicyclic) bond motifs is 1. The Bertz CT molecular complexity index is 1760. The van der Waals surface area contributed by atoms with E-state index in [0.29, 0.717) is 60.6 Å². The fourth-order valence-electron chi connectivity index (χ4n) is 5.16. The largest absolute Gasteiger partial charge is 0.389 e.